The summed E-state index contributed by atoms with van der Waals surface area (Å²) in [5, 5.41) is 0. The summed E-state index contributed by atoms with van der Waals surface area (Å²) in [6, 6.07) is 3.44. The lowest BCUT2D eigenvalue weighted by atomic mass is 9.83. The van der Waals surface area contributed by atoms with Crippen LogP contribution in [0, 0.1) is 0 Å². The van der Waals surface area contributed by atoms with Gasteiger partial charge in [-0.25, -0.2) is 0 Å². The second kappa shape index (κ2) is 5.39. The Labute approximate surface area is 123 Å². The molecule has 21 heavy (non-hydrogen) atoms. The number of ether oxygens (including phenoxy) is 3. The number of carbonyl (C=O) groups is 2. The zero-order valence-electron chi connectivity index (χ0n) is 12.2. The molecule has 1 saturated carbocycles. The van der Waals surface area contributed by atoms with Gasteiger partial charge in [0.2, 0.25) is 0 Å². The lowest BCUT2D eigenvalue weighted by Gasteiger charge is -2.23. The van der Waals surface area contributed by atoms with Crippen molar-refractivity contribution in [3.05, 3.63) is 17.7 Å². The monoisotopic (exact) mass is 290 g/mol. The van der Waals surface area contributed by atoms with E-state index in [-0.39, 0.29) is 17.6 Å². The fraction of sp³-hybridized carbons (Fsp3) is 0.500. The van der Waals surface area contributed by atoms with E-state index in [1.165, 1.54) is 26.7 Å². The summed E-state index contributed by atoms with van der Waals surface area (Å²) >= 11 is 0. The number of benzene rings is 1. The minimum absolute atomic E-state index is 0.187. The largest absolute Gasteiger partial charge is 0.489 e. The van der Waals surface area contributed by atoms with E-state index < -0.39 is 11.9 Å². The Bertz CT molecular complexity index is 593. The van der Waals surface area contributed by atoms with Gasteiger partial charge in [0, 0.05) is 31.4 Å². The SMILES string of the molecule is CC(=O)Oc1cc2c(cc1OC(C)=O)[C@@H]1CCCC[C@H]1O2. The zero-order valence-corrected chi connectivity index (χ0v) is 12.2. The summed E-state index contributed by atoms with van der Waals surface area (Å²) in [4.78, 5) is 22.4. The molecule has 3 rings (SSSR count). The molecule has 0 unspecified atom stereocenters. The smallest absolute Gasteiger partial charge is 0.308 e. The molecular formula is C16H18O5. The van der Waals surface area contributed by atoms with Gasteiger partial charge in [0.1, 0.15) is 11.9 Å². The third-order valence-corrected chi connectivity index (χ3v) is 3.96. The van der Waals surface area contributed by atoms with Crippen molar-refractivity contribution in [1.29, 1.82) is 0 Å². The number of esters is 2. The van der Waals surface area contributed by atoms with Crippen LogP contribution >= 0.6 is 0 Å². The van der Waals surface area contributed by atoms with Crippen LogP contribution in [0.1, 0.15) is 51.0 Å². The molecule has 1 aliphatic carbocycles. The van der Waals surface area contributed by atoms with Crippen LogP contribution in [0.5, 0.6) is 17.2 Å². The highest BCUT2D eigenvalue weighted by Gasteiger charge is 2.37. The van der Waals surface area contributed by atoms with E-state index in [9.17, 15) is 9.59 Å². The van der Waals surface area contributed by atoms with Gasteiger partial charge < -0.3 is 14.2 Å². The minimum atomic E-state index is -0.459. The molecule has 0 bridgehead atoms. The molecule has 1 aliphatic heterocycles. The van der Waals surface area contributed by atoms with Crippen LogP contribution in [-0.2, 0) is 9.59 Å². The van der Waals surface area contributed by atoms with E-state index in [2.05, 4.69) is 0 Å². The summed E-state index contributed by atoms with van der Waals surface area (Å²) in [7, 11) is 0. The standard InChI is InChI=1S/C16H18O5/c1-9(17)19-15-7-12-11-5-3-4-6-13(11)21-14(12)8-16(15)20-10(2)18/h7-8,11,13H,3-6H2,1-2H3/t11-,13+/m0/s1. The van der Waals surface area contributed by atoms with E-state index >= 15 is 0 Å². The predicted octanol–water partition coefficient (Wildman–Crippen LogP) is 2.96. The molecule has 2 atom stereocenters. The molecule has 1 heterocycles. The molecule has 0 N–H and O–H groups in total. The number of hydrogen-bond acceptors (Lipinski definition) is 5. The topological polar surface area (TPSA) is 61.8 Å². The van der Waals surface area contributed by atoms with Crippen molar-refractivity contribution in [3.63, 3.8) is 0 Å². The van der Waals surface area contributed by atoms with E-state index in [4.69, 9.17) is 14.2 Å². The minimum Gasteiger partial charge on any atom is -0.489 e. The molecule has 1 fully saturated rings. The van der Waals surface area contributed by atoms with Crippen LogP contribution < -0.4 is 14.2 Å². The molecule has 2 aliphatic rings. The maximum atomic E-state index is 11.2. The molecule has 0 radical (unpaired) electrons. The summed E-state index contributed by atoms with van der Waals surface area (Å²) in [5.74, 6) is 0.691. The highest BCUT2D eigenvalue weighted by Crippen LogP contribution is 2.49. The Balaban J connectivity index is 1.99. The van der Waals surface area contributed by atoms with E-state index in [1.807, 2.05) is 0 Å². The van der Waals surface area contributed by atoms with Crippen LogP contribution in [0.4, 0.5) is 0 Å². The Kier molecular flexibility index (Phi) is 3.57. The van der Waals surface area contributed by atoms with Crippen molar-refractivity contribution in [3.8, 4) is 17.2 Å². The first-order valence-corrected chi connectivity index (χ1v) is 7.26. The maximum absolute atomic E-state index is 11.2. The normalized spacial score (nSPS) is 22.8. The van der Waals surface area contributed by atoms with Gasteiger partial charge in [0.25, 0.3) is 0 Å². The lowest BCUT2D eigenvalue weighted by Crippen LogP contribution is -2.22. The van der Waals surface area contributed by atoms with Crippen LogP contribution in [0.3, 0.4) is 0 Å². The van der Waals surface area contributed by atoms with Crippen LogP contribution in [0.25, 0.3) is 0 Å². The molecule has 0 saturated heterocycles. The molecule has 0 spiro atoms. The zero-order chi connectivity index (χ0) is 15.0. The molecule has 112 valence electrons. The van der Waals surface area contributed by atoms with Crippen molar-refractivity contribution < 1.29 is 23.8 Å². The van der Waals surface area contributed by atoms with E-state index in [1.54, 1.807) is 12.1 Å². The third kappa shape index (κ3) is 2.73. The molecule has 5 nitrogen and oxygen atoms in total. The van der Waals surface area contributed by atoms with Crippen molar-refractivity contribution >= 4 is 11.9 Å². The summed E-state index contributed by atoms with van der Waals surface area (Å²) in [5.41, 5.74) is 1.05. The summed E-state index contributed by atoms with van der Waals surface area (Å²) in [6.07, 6.45) is 4.64. The Morgan fingerprint density at radius 2 is 1.67 bits per heavy atom. The molecule has 1 aromatic carbocycles. The second-order valence-electron chi connectivity index (χ2n) is 5.57. The van der Waals surface area contributed by atoms with E-state index in [0.29, 0.717) is 5.92 Å². The van der Waals surface area contributed by atoms with Gasteiger partial charge in [0.05, 0.1) is 0 Å². The van der Waals surface area contributed by atoms with Crippen LogP contribution in [0.15, 0.2) is 12.1 Å². The van der Waals surface area contributed by atoms with E-state index in [0.717, 1.165) is 24.2 Å². The van der Waals surface area contributed by atoms with Gasteiger partial charge in [-0.05, 0) is 25.3 Å². The highest BCUT2D eigenvalue weighted by atomic mass is 16.6. The average Bonchev–Trinajstić information content (AvgIpc) is 2.75. The molecule has 1 aromatic rings. The highest BCUT2D eigenvalue weighted by molar-refractivity contribution is 5.74. The van der Waals surface area contributed by atoms with Crippen LogP contribution in [0.2, 0.25) is 0 Å². The van der Waals surface area contributed by atoms with Gasteiger partial charge in [0.15, 0.2) is 11.5 Å². The molecular weight excluding hydrogens is 272 g/mol. The number of hydrogen-bond donors (Lipinski definition) is 0. The van der Waals surface area contributed by atoms with Gasteiger partial charge in [-0.2, -0.15) is 0 Å². The number of rotatable bonds is 2. The second-order valence-corrected chi connectivity index (χ2v) is 5.57. The lowest BCUT2D eigenvalue weighted by molar-refractivity contribution is -0.134. The van der Waals surface area contributed by atoms with Crippen molar-refractivity contribution in [1.82, 2.24) is 0 Å². The first-order chi connectivity index (χ1) is 10.0. The fourth-order valence-corrected chi connectivity index (χ4v) is 3.17. The molecule has 5 heteroatoms. The van der Waals surface area contributed by atoms with Crippen molar-refractivity contribution in [2.24, 2.45) is 0 Å². The quantitative estimate of drug-likeness (QED) is 0.619. The summed E-state index contributed by atoms with van der Waals surface area (Å²) < 4.78 is 16.3. The third-order valence-electron chi connectivity index (χ3n) is 3.96. The van der Waals surface area contributed by atoms with Gasteiger partial charge in [-0.3, -0.25) is 9.59 Å². The first-order valence-electron chi connectivity index (χ1n) is 7.26. The number of carbonyl (C=O) groups excluding carboxylic acids is 2. The van der Waals surface area contributed by atoms with Crippen LogP contribution in [-0.4, -0.2) is 18.0 Å². The molecule has 0 amide bonds. The predicted molar refractivity (Wildman–Crippen MR) is 74.7 cm³/mol. The Morgan fingerprint density at radius 1 is 1.05 bits per heavy atom. The Morgan fingerprint density at radius 3 is 2.33 bits per heavy atom. The van der Waals surface area contributed by atoms with Gasteiger partial charge in [-0.1, -0.05) is 6.42 Å². The van der Waals surface area contributed by atoms with Crippen molar-refractivity contribution in [2.45, 2.75) is 51.6 Å². The Hall–Kier alpha value is -2.04. The number of fused-ring (bicyclic) bond motifs is 3. The van der Waals surface area contributed by atoms with Gasteiger partial charge >= 0.3 is 11.9 Å². The average molecular weight is 290 g/mol. The fourth-order valence-electron chi connectivity index (χ4n) is 3.17. The van der Waals surface area contributed by atoms with Crippen molar-refractivity contribution in [2.75, 3.05) is 0 Å². The maximum Gasteiger partial charge on any atom is 0.308 e. The first kappa shape index (κ1) is 13.9. The molecule has 0 aromatic heterocycles. The van der Waals surface area contributed by atoms with Gasteiger partial charge in [-0.15, -0.1) is 0 Å². The summed E-state index contributed by atoms with van der Waals surface area (Å²) in [6.45, 7) is 2.64.